The first-order valence-electron chi connectivity index (χ1n) is 4.54. The summed E-state index contributed by atoms with van der Waals surface area (Å²) in [5.74, 6) is 0.00394. The molecule has 2 unspecified atom stereocenters. The summed E-state index contributed by atoms with van der Waals surface area (Å²) in [6, 6.07) is 0.281. The van der Waals surface area contributed by atoms with E-state index >= 15 is 0 Å². The van der Waals surface area contributed by atoms with Gasteiger partial charge in [0, 0.05) is 24.7 Å². The van der Waals surface area contributed by atoms with Gasteiger partial charge < -0.3 is 0 Å². The molecular formula is C10H13F2N. The summed E-state index contributed by atoms with van der Waals surface area (Å²) in [4.78, 5) is 2.10. The van der Waals surface area contributed by atoms with Gasteiger partial charge in [0.25, 0.3) is 6.08 Å². The average Bonchev–Trinajstić information content (AvgIpc) is 2.51. The Bertz CT molecular complexity index is 279. The molecule has 2 aliphatic heterocycles. The molecule has 3 heteroatoms. The predicted molar refractivity (Wildman–Crippen MR) is 47.5 cm³/mol. The molecule has 2 fully saturated rings. The Morgan fingerprint density at radius 3 is 2.69 bits per heavy atom. The van der Waals surface area contributed by atoms with Crippen LogP contribution in [-0.2, 0) is 0 Å². The molecule has 13 heavy (non-hydrogen) atoms. The molecule has 0 N–H and O–H groups in total. The van der Waals surface area contributed by atoms with Crippen molar-refractivity contribution in [3.05, 3.63) is 23.8 Å². The van der Waals surface area contributed by atoms with E-state index in [4.69, 9.17) is 0 Å². The maximum atomic E-state index is 12.4. The van der Waals surface area contributed by atoms with Crippen molar-refractivity contribution in [2.24, 2.45) is 5.92 Å². The molecule has 2 rings (SSSR count). The first-order chi connectivity index (χ1) is 6.09. The number of hydrogen-bond acceptors (Lipinski definition) is 1. The lowest BCUT2D eigenvalue weighted by Gasteiger charge is -2.14. The highest BCUT2D eigenvalue weighted by atomic mass is 19.3. The van der Waals surface area contributed by atoms with E-state index in [-0.39, 0.29) is 12.0 Å². The predicted octanol–water partition coefficient (Wildman–Crippen LogP) is 2.42. The standard InChI is InChI=1S/C10H13F2N/c1-6-3-9-7(2)8(10(11)12)5-13(9)4-6/h7,9H,1,3-5H2,2H3. The van der Waals surface area contributed by atoms with Gasteiger partial charge >= 0.3 is 0 Å². The third-order valence-electron chi connectivity index (χ3n) is 3.14. The Morgan fingerprint density at radius 2 is 2.15 bits per heavy atom. The molecule has 0 spiro atoms. The van der Waals surface area contributed by atoms with Crippen molar-refractivity contribution in [3.63, 3.8) is 0 Å². The quantitative estimate of drug-likeness (QED) is 0.524. The van der Waals surface area contributed by atoms with E-state index in [1.807, 2.05) is 6.92 Å². The zero-order chi connectivity index (χ0) is 9.59. The monoisotopic (exact) mass is 185 g/mol. The van der Waals surface area contributed by atoms with Gasteiger partial charge in [0.2, 0.25) is 0 Å². The minimum Gasteiger partial charge on any atom is -0.291 e. The van der Waals surface area contributed by atoms with Crippen LogP contribution in [0.25, 0.3) is 0 Å². The molecule has 0 bridgehead atoms. The van der Waals surface area contributed by atoms with Crippen LogP contribution in [0.5, 0.6) is 0 Å². The Kier molecular flexibility index (Phi) is 1.99. The highest BCUT2D eigenvalue weighted by Gasteiger charge is 2.41. The second-order valence-corrected chi connectivity index (χ2v) is 4.00. The molecule has 2 atom stereocenters. The fourth-order valence-electron chi connectivity index (χ4n) is 2.39. The number of rotatable bonds is 0. The van der Waals surface area contributed by atoms with Gasteiger partial charge in [-0.05, 0) is 12.3 Å². The van der Waals surface area contributed by atoms with Crippen molar-refractivity contribution < 1.29 is 8.78 Å². The second-order valence-electron chi connectivity index (χ2n) is 4.00. The van der Waals surface area contributed by atoms with Crippen LogP contribution in [0.15, 0.2) is 23.8 Å². The van der Waals surface area contributed by atoms with Crippen LogP contribution in [0.4, 0.5) is 8.78 Å². The smallest absolute Gasteiger partial charge is 0.271 e. The first-order valence-corrected chi connectivity index (χ1v) is 4.54. The minimum absolute atomic E-state index is 0.00394. The van der Waals surface area contributed by atoms with Gasteiger partial charge in [-0.3, -0.25) is 4.90 Å². The topological polar surface area (TPSA) is 3.24 Å². The zero-order valence-corrected chi connectivity index (χ0v) is 7.69. The van der Waals surface area contributed by atoms with E-state index in [0.29, 0.717) is 12.1 Å². The number of hydrogen-bond donors (Lipinski definition) is 0. The lowest BCUT2D eigenvalue weighted by Crippen LogP contribution is -2.24. The Morgan fingerprint density at radius 1 is 1.46 bits per heavy atom. The molecule has 0 amide bonds. The van der Waals surface area contributed by atoms with E-state index < -0.39 is 6.08 Å². The molecule has 0 saturated carbocycles. The fraction of sp³-hybridized carbons (Fsp3) is 0.600. The molecule has 2 aliphatic rings. The van der Waals surface area contributed by atoms with Gasteiger partial charge in [-0.15, -0.1) is 0 Å². The van der Waals surface area contributed by atoms with E-state index in [9.17, 15) is 8.78 Å². The molecule has 2 saturated heterocycles. The van der Waals surface area contributed by atoms with Gasteiger partial charge in [0.1, 0.15) is 0 Å². The van der Waals surface area contributed by atoms with E-state index in [0.717, 1.165) is 13.0 Å². The van der Waals surface area contributed by atoms with Crippen LogP contribution in [0, 0.1) is 5.92 Å². The number of nitrogens with zero attached hydrogens (tertiary/aromatic N) is 1. The van der Waals surface area contributed by atoms with Crippen LogP contribution < -0.4 is 0 Å². The molecule has 0 radical (unpaired) electrons. The minimum atomic E-state index is -1.48. The maximum Gasteiger partial charge on any atom is 0.271 e. The zero-order valence-electron chi connectivity index (χ0n) is 7.69. The maximum absolute atomic E-state index is 12.4. The van der Waals surface area contributed by atoms with Crippen LogP contribution in [0.3, 0.4) is 0 Å². The number of halogens is 2. The Hall–Kier alpha value is -0.700. The summed E-state index contributed by atoms with van der Waals surface area (Å²) >= 11 is 0. The summed E-state index contributed by atoms with van der Waals surface area (Å²) < 4.78 is 24.9. The summed E-state index contributed by atoms with van der Waals surface area (Å²) in [5, 5.41) is 0. The van der Waals surface area contributed by atoms with Crippen LogP contribution in [0.1, 0.15) is 13.3 Å². The third-order valence-corrected chi connectivity index (χ3v) is 3.14. The average molecular weight is 185 g/mol. The highest BCUT2D eigenvalue weighted by Crippen LogP contribution is 2.39. The fourth-order valence-corrected chi connectivity index (χ4v) is 2.39. The summed E-state index contributed by atoms with van der Waals surface area (Å²) in [6.07, 6.45) is -0.592. The lowest BCUT2D eigenvalue weighted by atomic mass is 9.96. The molecule has 2 heterocycles. The van der Waals surface area contributed by atoms with Gasteiger partial charge in [-0.2, -0.15) is 8.78 Å². The van der Waals surface area contributed by atoms with Crippen LogP contribution in [0.2, 0.25) is 0 Å². The van der Waals surface area contributed by atoms with Gasteiger partial charge in [0.15, 0.2) is 0 Å². The molecule has 1 nitrogen and oxygen atoms in total. The molecule has 0 aliphatic carbocycles. The SMILES string of the molecule is C=C1CC2C(C)C(=C(F)F)CN2C1. The van der Waals surface area contributed by atoms with Gasteiger partial charge in [-0.25, -0.2) is 0 Å². The molecule has 0 aromatic carbocycles. The molecule has 72 valence electrons. The summed E-state index contributed by atoms with van der Waals surface area (Å²) in [5.41, 5.74) is 1.51. The second kappa shape index (κ2) is 2.91. The Labute approximate surface area is 76.7 Å². The summed E-state index contributed by atoms with van der Waals surface area (Å²) in [6.45, 7) is 7.02. The van der Waals surface area contributed by atoms with Gasteiger partial charge in [-0.1, -0.05) is 19.1 Å². The Balaban J connectivity index is 2.23. The molecular weight excluding hydrogens is 172 g/mol. The van der Waals surface area contributed by atoms with Gasteiger partial charge in [0.05, 0.1) is 0 Å². The van der Waals surface area contributed by atoms with E-state index in [1.54, 1.807) is 0 Å². The lowest BCUT2D eigenvalue weighted by molar-refractivity contribution is 0.299. The first kappa shape index (κ1) is 8.88. The van der Waals surface area contributed by atoms with Crippen molar-refractivity contribution in [3.8, 4) is 0 Å². The van der Waals surface area contributed by atoms with Crippen molar-refractivity contribution in [2.45, 2.75) is 19.4 Å². The van der Waals surface area contributed by atoms with Crippen LogP contribution in [-0.4, -0.2) is 24.0 Å². The normalized spacial score (nSPS) is 34.1. The van der Waals surface area contributed by atoms with Crippen LogP contribution >= 0.6 is 0 Å². The largest absolute Gasteiger partial charge is 0.291 e. The molecule has 0 aromatic rings. The highest BCUT2D eigenvalue weighted by molar-refractivity contribution is 5.24. The number of fused-ring (bicyclic) bond motifs is 1. The van der Waals surface area contributed by atoms with Crippen molar-refractivity contribution in [1.82, 2.24) is 4.90 Å². The molecule has 0 aromatic heterocycles. The van der Waals surface area contributed by atoms with Crippen molar-refractivity contribution >= 4 is 0 Å². The van der Waals surface area contributed by atoms with E-state index in [2.05, 4.69) is 11.5 Å². The summed E-state index contributed by atoms with van der Waals surface area (Å²) in [7, 11) is 0. The van der Waals surface area contributed by atoms with E-state index in [1.165, 1.54) is 5.57 Å². The van der Waals surface area contributed by atoms with Crippen molar-refractivity contribution in [1.29, 1.82) is 0 Å². The third kappa shape index (κ3) is 1.31. The van der Waals surface area contributed by atoms with Crippen molar-refractivity contribution in [2.75, 3.05) is 13.1 Å².